The van der Waals surface area contributed by atoms with Crippen LogP contribution >= 0.6 is 0 Å². The van der Waals surface area contributed by atoms with E-state index in [1.165, 1.54) is 0 Å². The minimum absolute atomic E-state index is 0.144. The zero-order chi connectivity index (χ0) is 20.9. The smallest absolute Gasteiger partial charge is 0.246 e. The van der Waals surface area contributed by atoms with Gasteiger partial charge in [0.25, 0.3) is 0 Å². The van der Waals surface area contributed by atoms with Gasteiger partial charge in [0.05, 0.1) is 11.5 Å². The Morgan fingerprint density at radius 1 is 1.14 bits per heavy atom. The average molecular weight is 395 g/mol. The van der Waals surface area contributed by atoms with Crippen LogP contribution in [0.5, 0.6) is 0 Å². The van der Waals surface area contributed by atoms with Crippen LogP contribution in [0.2, 0.25) is 0 Å². The molecular formula is C23H30N4O2. The summed E-state index contributed by atoms with van der Waals surface area (Å²) in [6.45, 7) is 3.81. The van der Waals surface area contributed by atoms with Gasteiger partial charge in [0, 0.05) is 24.9 Å². The summed E-state index contributed by atoms with van der Waals surface area (Å²) in [4.78, 5) is 30.4. The van der Waals surface area contributed by atoms with Crippen molar-refractivity contribution in [3.63, 3.8) is 0 Å². The number of carbonyl (C=O) groups is 2. The molecule has 0 radical (unpaired) electrons. The fraction of sp³-hybridized carbons (Fsp3) is 0.435. The summed E-state index contributed by atoms with van der Waals surface area (Å²) in [5.74, 6) is -0.328. The maximum absolute atomic E-state index is 13.3. The molecule has 1 aromatic carbocycles. The molecule has 6 heteroatoms. The number of benzene rings is 1. The maximum Gasteiger partial charge on any atom is 0.246 e. The molecule has 0 bridgehead atoms. The van der Waals surface area contributed by atoms with E-state index in [1.54, 1.807) is 20.0 Å². The molecule has 1 aromatic heterocycles. The van der Waals surface area contributed by atoms with Crippen LogP contribution in [0.3, 0.4) is 0 Å². The normalized spacial score (nSPS) is 16.4. The van der Waals surface area contributed by atoms with E-state index < -0.39 is 11.0 Å². The second kappa shape index (κ2) is 8.74. The minimum Gasteiger partial charge on any atom is -0.347 e. The third kappa shape index (κ3) is 4.82. The van der Waals surface area contributed by atoms with Gasteiger partial charge in [-0.2, -0.15) is 0 Å². The summed E-state index contributed by atoms with van der Waals surface area (Å²) in [5, 5.41) is 6.17. The van der Waals surface area contributed by atoms with Crippen LogP contribution in [-0.4, -0.2) is 28.9 Å². The molecule has 0 aliphatic heterocycles. The molecule has 0 saturated heterocycles. The van der Waals surface area contributed by atoms with Gasteiger partial charge in [-0.1, -0.05) is 36.4 Å². The van der Waals surface area contributed by atoms with Gasteiger partial charge in [-0.25, -0.2) is 0 Å². The zero-order valence-electron chi connectivity index (χ0n) is 17.2. The van der Waals surface area contributed by atoms with Crippen molar-refractivity contribution in [3.05, 3.63) is 66.0 Å². The largest absolute Gasteiger partial charge is 0.347 e. The summed E-state index contributed by atoms with van der Waals surface area (Å²) < 4.78 is 0. The molecule has 1 fully saturated rings. The fourth-order valence-electron chi connectivity index (χ4n) is 3.38. The van der Waals surface area contributed by atoms with Crippen molar-refractivity contribution in [1.29, 1.82) is 0 Å². The summed E-state index contributed by atoms with van der Waals surface area (Å²) in [6, 6.07) is 15.4. The van der Waals surface area contributed by atoms with Crippen molar-refractivity contribution >= 4 is 11.8 Å². The standard InChI is InChI=1S/C23H30N4O2/c1-22(2,16-24)20(28)27-23(12-8-13-23)21(29)26-19(17-9-4-3-5-10-17)15-18-11-6-7-14-25-18/h3-7,9-11,14,19H,8,12-13,15-16,24H2,1-2H3,(H,26,29)(H,27,28). The Morgan fingerprint density at radius 2 is 1.83 bits per heavy atom. The molecule has 2 amide bonds. The van der Waals surface area contributed by atoms with Gasteiger partial charge < -0.3 is 16.4 Å². The molecule has 1 unspecified atom stereocenters. The number of aromatic nitrogens is 1. The Labute approximate surface area is 172 Å². The predicted octanol–water partition coefficient (Wildman–Crippen LogP) is 2.51. The Bertz CT molecular complexity index is 832. The molecule has 3 rings (SSSR count). The lowest BCUT2D eigenvalue weighted by molar-refractivity contribution is -0.141. The Balaban J connectivity index is 1.79. The molecule has 0 spiro atoms. The average Bonchev–Trinajstić information content (AvgIpc) is 2.71. The lowest BCUT2D eigenvalue weighted by Crippen LogP contribution is -2.65. The van der Waals surface area contributed by atoms with Crippen molar-refractivity contribution in [2.24, 2.45) is 11.1 Å². The van der Waals surface area contributed by atoms with Crippen molar-refractivity contribution < 1.29 is 9.59 Å². The van der Waals surface area contributed by atoms with Gasteiger partial charge in [-0.05, 0) is 50.8 Å². The van der Waals surface area contributed by atoms with Crippen LogP contribution in [0.25, 0.3) is 0 Å². The second-order valence-corrected chi connectivity index (χ2v) is 8.44. The second-order valence-electron chi connectivity index (χ2n) is 8.44. The fourth-order valence-corrected chi connectivity index (χ4v) is 3.38. The SMILES string of the molecule is CC(C)(CN)C(=O)NC1(C(=O)NC(Cc2ccccn2)c2ccccc2)CCC1. The number of amides is 2. The highest BCUT2D eigenvalue weighted by Crippen LogP contribution is 2.34. The van der Waals surface area contributed by atoms with E-state index in [1.807, 2.05) is 48.5 Å². The zero-order valence-corrected chi connectivity index (χ0v) is 17.2. The lowest BCUT2D eigenvalue weighted by Gasteiger charge is -2.43. The molecule has 29 heavy (non-hydrogen) atoms. The highest BCUT2D eigenvalue weighted by atomic mass is 16.2. The Kier molecular flexibility index (Phi) is 6.33. The molecular weight excluding hydrogens is 364 g/mol. The third-order valence-electron chi connectivity index (χ3n) is 5.77. The van der Waals surface area contributed by atoms with E-state index in [4.69, 9.17) is 5.73 Å². The predicted molar refractivity (Wildman–Crippen MR) is 113 cm³/mol. The number of nitrogens with one attached hydrogen (secondary N) is 2. The van der Waals surface area contributed by atoms with E-state index in [0.29, 0.717) is 19.3 Å². The highest BCUT2D eigenvalue weighted by Gasteiger charge is 2.47. The third-order valence-corrected chi connectivity index (χ3v) is 5.77. The van der Waals surface area contributed by atoms with Gasteiger partial charge in [-0.15, -0.1) is 0 Å². The first-order chi connectivity index (χ1) is 13.9. The summed E-state index contributed by atoms with van der Waals surface area (Å²) in [5.41, 5.74) is 6.07. The number of pyridine rings is 1. The van der Waals surface area contributed by atoms with Crippen molar-refractivity contribution in [2.45, 2.75) is 51.1 Å². The van der Waals surface area contributed by atoms with Gasteiger partial charge in [0.15, 0.2) is 0 Å². The molecule has 1 aliphatic rings. The number of nitrogens with zero attached hydrogens (tertiary/aromatic N) is 1. The molecule has 1 heterocycles. The van der Waals surface area contributed by atoms with Crippen molar-refractivity contribution in [1.82, 2.24) is 15.6 Å². The molecule has 1 aliphatic carbocycles. The summed E-state index contributed by atoms with van der Waals surface area (Å²) in [7, 11) is 0. The van der Waals surface area contributed by atoms with E-state index >= 15 is 0 Å². The quantitative estimate of drug-likeness (QED) is 0.641. The molecule has 2 aromatic rings. The maximum atomic E-state index is 13.3. The summed E-state index contributed by atoms with van der Waals surface area (Å²) >= 11 is 0. The van der Waals surface area contributed by atoms with Gasteiger partial charge in [0.2, 0.25) is 11.8 Å². The van der Waals surface area contributed by atoms with E-state index in [0.717, 1.165) is 17.7 Å². The monoisotopic (exact) mass is 394 g/mol. The first-order valence-electron chi connectivity index (χ1n) is 10.1. The van der Waals surface area contributed by atoms with E-state index in [2.05, 4.69) is 15.6 Å². The van der Waals surface area contributed by atoms with Gasteiger partial charge >= 0.3 is 0 Å². The van der Waals surface area contributed by atoms with E-state index in [9.17, 15) is 9.59 Å². The van der Waals surface area contributed by atoms with Crippen LogP contribution in [0, 0.1) is 5.41 Å². The van der Waals surface area contributed by atoms with E-state index in [-0.39, 0.29) is 24.4 Å². The molecule has 4 N–H and O–H groups in total. The minimum atomic E-state index is -0.860. The van der Waals surface area contributed by atoms with Crippen molar-refractivity contribution in [3.8, 4) is 0 Å². The molecule has 6 nitrogen and oxygen atoms in total. The first kappa shape index (κ1) is 21.0. The van der Waals surface area contributed by atoms with Crippen LogP contribution in [0.4, 0.5) is 0 Å². The van der Waals surface area contributed by atoms with Crippen molar-refractivity contribution in [2.75, 3.05) is 6.54 Å². The number of hydrogen-bond acceptors (Lipinski definition) is 4. The molecule has 1 atom stereocenters. The lowest BCUT2D eigenvalue weighted by atomic mass is 9.74. The number of carbonyl (C=O) groups excluding carboxylic acids is 2. The first-order valence-corrected chi connectivity index (χ1v) is 10.1. The number of rotatable bonds is 8. The summed E-state index contributed by atoms with van der Waals surface area (Å²) in [6.07, 6.45) is 4.51. The topological polar surface area (TPSA) is 97.1 Å². The molecule has 1 saturated carbocycles. The Hall–Kier alpha value is -2.73. The van der Waals surface area contributed by atoms with Crippen LogP contribution < -0.4 is 16.4 Å². The van der Waals surface area contributed by atoms with Crippen LogP contribution in [0.15, 0.2) is 54.7 Å². The number of hydrogen-bond donors (Lipinski definition) is 3. The number of nitrogens with two attached hydrogens (primary N) is 1. The molecule has 154 valence electrons. The highest BCUT2D eigenvalue weighted by molar-refractivity contribution is 5.94. The Morgan fingerprint density at radius 3 is 2.38 bits per heavy atom. The van der Waals surface area contributed by atoms with Gasteiger partial charge in [-0.3, -0.25) is 14.6 Å². The van der Waals surface area contributed by atoms with Crippen LogP contribution in [-0.2, 0) is 16.0 Å². The van der Waals surface area contributed by atoms with Gasteiger partial charge in [0.1, 0.15) is 5.54 Å². The van der Waals surface area contributed by atoms with Crippen LogP contribution in [0.1, 0.15) is 50.4 Å².